The first-order valence-corrected chi connectivity index (χ1v) is 8.55. The third-order valence-electron chi connectivity index (χ3n) is 5.17. The predicted octanol–water partition coefficient (Wildman–Crippen LogP) is 4.92. The fourth-order valence-electron chi connectivity index (χ4n) is 3.92. The van der Waals surface area contributed by atoms with Crippen LogP contribution >= 0.6 is 0 Å². The van der Waals surface area contributed by atoms with Crippen molar-refractivity contribution in [1.82, 2.24) is 9.88 Å². The Balaban J connectivity index is 1.53. The maximum absolute atomic E-state index is 12.7. The standard InChI is InChI=1S/C20H19F3N2/c21-20(22,23)19-9-6-15(12-24-19)16-10-17-7-8-18(11-16)25(17)13-14-4-2-1-3-5-14/h1-6,9-10,12,17-18H,7-8,11,13H2. The van der Waals surface area contributed by atoms with Crippen molar-refractivity contribution in [2.24, 2.45) is 0 Å². The lowest BCUT2D eigenvalue weighted by atomic mass is 9.95. The van der Waals surface area contributed by atoms with E-state index in [1.165, 1.54) is 11.8 Å². The van der Waals surface area contributed by atoms with E-state index >= 15 is 0 Å². The first-order valence-electron chi connectivity index (χ1n) is 8.55. The highest BCUT2D eigenvalue weighted by atomic mass is 19.4. The lowest BCUT2D eigenvalue weighted by Crippen LogP contribution is -2.37. The van der Waals surface area contributed by atoms with Crippen molar-refractivity contribution in [3.63, 3.8) is 0 Å². The van der Waals surface area contributed by atoms with Crippen molar-refractivity contribution >= 4 is 5.57 Å². The van der Waals surface area contributed by atoms with Gasteiger partial charge in [0.25, 0.3) is 0 Å². The molecule has 2 aliphatic heterocycles. The Morgan fingerprint density at radius 3 is 2.48 bits per heavy atom. The average Bonchev–Trinajstić information content (AvgIpc) is 2.83. The molecule has 0 radical (unpaired) electrons. The van der Waals surface area contributed by atoms with Crippen molar-refractivity contribution in [1.29, 1.82) is 0 Å². The summed E-state index contributed by atoms with van der Waals surface area (Å²) in [6.45, 7) is 0.922. The number of rotatable bonds is 3. The van der Waals surface area contributed by atoms with Gasteiger partial charge in [0, 0.05) is 24.8 Å². The number of fused-ring (bicyclic) bond motifs is 2. The summed E-state index contributed by atoms with van der Waals surface area (Å²) in [6.07, 6.45) is 2.31. The summed E-state index contributed by atoms with van der Waals surface area (Å²) in [7, 11) is 0. The van der Waals surface area contributed by atoms with Gasteiger partial charge in [0.2, 0.25) is 0 Å². The Bertz CT molecular complexity index is 766. The Morgan fingerprint density at radius 1 is 1.04 bits per heavy atom. The minimum absolute atomic E-state index is 0.358. The fourth-order valence-corrected chi connectivity index (χ4v) is 3.92. The normalized spacial score (nSPS) is 23.6. The molecule has 1 aromatic carbocycles. The zero-order chi connectivity index (χ0) is 17.4. The van der Waals surface area contributed by atoms with Crippen LogP contribution in [0.5, 0.6) is 0 Å². The maximum Gasteiger partial charge on any atom is 0.433 e. The van der Waals surface area contributed by atoms with Crippen LogP contribution in [0.25, 0.3) is 5.57 Å². The second kappa shape index (κ2) is 6.30. The van der Waals surface area contributed by atoms with Gasteiger partial charge in [0.1, 0.15) is 5.69 Å². The molecule has 0 N–H and O–H groups in total. The van der Waals surface area contributed by atoms with Gasteiger partial charge in [-0.2, -0.15) is 13.2 Å². The molecule has 5 heteroatoms. The second-order valence-electron chi connectivity index (χ2n) is 6.78. The largest absolute Gasteiger partial charge is 0.433 e. The van der Waals surface area contributed by atoms with Crippen LogP contribution in [0.3, 0.4) is 0 Å². The van der Waals surface area contributed by atoms with Crippen molar-refractivity contribution in [2.75, 3.05) is 0 Å². The quantitative estimate of drug-likeness (QED) is 0.786. The zero-order valence-electron chi connectivity index (χ0n) is 13.7. The van der Waals surface area contributed by atoms with Gasteiger partial charge in [-0.05, 0) is 42.0 Å². The highest BCUT2D eigenvalue weighted by Crippen LogP contribution is 2.39. The summed E-state index contributed by atoms with van der Waals surface area (Å²) in [5, 5.41) is 0. The molecule has 2 nitrogen and oxygen atoms in total. The van der Waals surface area contributed by atoms with E-state index < -0.39 is 11.9 Å². The number of hydrogen-bond donors (Lipinski definition) is 0. The van der Waals surface area contributed by atoms with Gasteiger partial charge >= 0.3 is 6.18 Å². The molecule has 1 aromatic heterocycles. The molecule has 1 saturated heterocycles. The third kappa shape index (κ3) is 3.33. The number of hydrogen-bond acceptors (Lipinski definition) is 2. The van der Waals surface area contributed by atoms with Gasteiger partial charge in [-0.15, -0.1) is 0 Å². The average molecular weight is 344 g/mol. The number of benzene rings is 1. The second-order valence-corrected chi connectivity index (χ2v) is 6.78. The van der Waals surface area contributed by atoms with E-state index in [0.717, 1.165) is 43.0 Å². The van der Waals surface area contributed by atoms with Gasteiger partial charge in [-0.1, -0.05) is 42.5 Å². The molecule has 3 heterocycles. The number of alkyl halides is 3. The van der Waals surface area contributed by atoms with Gasteiger partial charge in [0.15, 0.2) is 0 Å². The highest BCUT2D eigenvalue weighted by Gasteiger charge is 2.37. The molecule has 2 atom stereocenters. The maximum atomic E-state index is 12.7. The molecule has 0 aliphatic carbocycles. The van der Waals surface area contributed by atoms with Crippen LogP contribution in [-0.4, -0.2) is 22.0 Å². The van der Waals surface area contributed by atoms with Crippen molar-refractivity contribution in [2.45, 2.75) is 44.1 Å². The molecule has 0 spiro atoms. The molecule has 4 rings (SSSR count). The summed E-state index contributed by atoms with van der Waals surface area (Å²) in [6, 6.07) is 13.8. The lowest BCUT2D eigenvalue weighted by molar-refractivity contribution is -0.141. The number of pyridine rings is 1. The third-order valence-corrected chi connectivity index (χ3v) is 5.17. The Morgan fingerprint density at radius 2 is 1.84 bits per heavy atom. The van der Waals surface area contributed by atoms with Crippen LogP contribution < -0.4 is 0 Å². The fraction of sp³-hybridized carbons (Fsp3) is 0.350. The monoisotopic (exact) mass is 344 g/mol. The summed E-state index contributed by atoms with van der Waals surface area (Å²) >= 11 is 0. The lowest BCUT2D eigenvalue weighted by Gasteiger charge is -2.34. The van der Waals surface area contributed by atoms with E-state index in [1.807, 2.05) is 6.07 Å². The van der Waals surface area contributed by atoms with E-state index in [1.54, 1.807) is 6.07 Å². The first kappa shape index (κ1) is 16.3. The predicted molar refractivity (Wildman–Crippen MR) is 90.6 cm³/mol. The van der Waals surface area contributed by atoms with Crippen LogP contribution in [0, 0.1) is 0 Å². The minimum Gasteiger partial charge on any atom is -0.289 e. The van der Waals surface area contributed by atoms with Gasteiger partial charge < -0.3 is 0 Å². The molecular weight excluding hydrogens is 325 g/mol. The molecule has 2 unspecified atom stereocenters. The van der Waals surface area contributed by atoms with E-state index in [-0.39, 0.29) is 0 Å². The topological polar surface area (TPSA) is 16.1 Å². The number of nitrogens with zero attached hydrogens (tertiary/aromatic N) is 2. The van der Waals surface area contributed by atoms with Gasteiger partial charge in [-0.25, -0.2) is 0 Å². The van der Waals surface area contributed by atoms with Gasteiger partial charge in [0.05, 0.1) is 0 Å². The Kier molecular flexibility index (Phi) is 4.12. The Labute approximate surface area is 145 Å². The molecule has 0 amide bonds. The van der Waals surface area contributed by atoms with E-state index in [9.17, 15) is 13.2 Å². The molecule has 130 valence electrons. The van der Waals surface area contributed by atoms with E-state index in [2.05, 4.69) is 40.2 Å². The summed E-state index contributed by atoms with van der Waals surface area (Å²) in [5.41, 5.74) is 2.40. The highest BCUT2D eigenvalue weighted by molar-refractivity contribution is 5.67. The smallest absolute Gasteiger partial charge is 0.289 e. The SMILES string of the molecule is FC(F)(F)c1ccc(C2=CC3CCC(C2)N3Cc2ccccc2)cn1. The van der Waals surface area contributed by atoms with Crippen molar-refractivity contribution < 1.29 is 13.2 Å². The summed E-state index contributed by atoms with van der Waals surface area (Å²) in [4.78, 5) is 6.11. The molecular formula is C20H19F3N2. The number of halogens is 3. The van der Waals surface area contributed by atoms with Crippen molar-refractivity contribution in [3.05, 3.63) is 71.6 Å². The van der Waals surface area contributed by atoms with E-state index in [0.29, 0.717) is 12.1 Å². The number of aromatic nitrogens is 1. The zero-order valence-corrected chi connectivity index (χ0v) is 13.7. The molecule has 2 bridgehead atoms. The van der Waals surface area contributed by atoms with E-state index in [4.69, 9.17) is 0 Å². The molecule has 1 fully saturated rings. The minimum atomic E-state index is -4.38. The van der Waals surface area contributed by atoms with Crippen LogP contribution in [-0.2, 0) is 12.7 Å². The van der Waals surface area contributed by atoms with Crippen molar-refractivity contribution in [3.8, 4) is 0 Å². The van der Waals surface area contributed by atoms with Gasteiger partial charge in [-0.3, -0.25) is 9.88 Å². The molecule has 2 aliphatic rings. The Hall–Kier alpha value is -2.14. The molecule has 2 aromatic rings. The van der Waals surface area contributed by atoms with Crippen LogP contribution in [0.2, 0.25) is 0 Å². The first-order chi connectivity index (χ1) is 12.0. The molecule has 25 heavy (non-hydrogen) atoms. The van der Waals surface area contributed by atoms with Crippen LogP contribution in [0.4, 0.5) is 13.2 Å². The summed E-state index contributed by atoms with van der Waals surface area (Å²) < 4.78 is 38.0. The molecule has 0 saturated carbocycles. The summed E-state index contributed by atoms with van der Waals surface area (Å²) in [5.74, 6) is 0. The van der Waals surface area contributed by atoms with Crippen LogP contribution in [0.1, 0.15) is 36.1 Å². The van der Waals surface area contributed by atoms with Crippen LogP contribution in [0.15, 0.2) is 54.7 Å².